The molecule has 1 N–H and O–H groups in total. The quantitative estimate of drug-likeness (QED) is 0.189. The third-order valence-corrected chi connectivity index (χ3v) is 9.31. The lowest BCUT2D eigenvalue weighted by Gasteiger charge is -2.37. The summed E-state index contributed by atoms with van der Waals surface area (Å²) in [4.78, 5) is 46.1. The zero-order valence-electron chi connectivity index (χ0n) is 24.9. The number of fused-ring (bicyclic) bond motifs is 1. The molecule has 224 valence electrons. The van der Waals surface area contributed by atoms with Crippen LogP contribution in [-0.4, -0.2) is 71.3 Å². The van der Waals surface area contributed by atoms with Crippen LogP contribution in [0.5, 0.6) is 0 Å². The molecule has 4 rings (SSSR count). The van der Waals surface area contributed by atoms with Crippen molar-refractivity contribution in [2.24, 2.45) is 11.8 Å². The molecule has 3 heterocycles. The van der Waals surface area contributed by atoms with Crippen molar-refractivity contribution in [1.82, 2.24) is 4.90 Å². The molecule has 0 saturated carbocycles. The minimum atomic E-state index is -1.11. The number of esters is 1. The van der Waals surface area contributed by atoms with Gasteiger partial charge in [-0.05, 0) is 76.3 Å². The molecule has 3 aliphatic rings. The normalized spacial score (nSPS) is 28.0. The second-order valence-corrected chi connectivity index (χ2v) is 11.7. The van der Waals surface area contributed by atoms with Crippen LogP contribution in [0.15, 0.2) is 43.5 Å². The van der Waals surface area contributed by atoms with Crippen LogP contribution < -0.4 is 4.90 Å². The first-order chi connectivity index (χ1) is 19.7. The highest BCUT2D eigenvalue weighted by Gasteiger charge is 2.79. The van der Waals surface area contributed by atoms with Crippen molar-refractivity contribution in [3.05, 3.63) is 54.6 Å². The molecule has 3 saturated heterocycles. The maximum Gasteiger partial charge on any atom is 0.312 e. The Hall–Kier alpha value is -2.97. The Labute approximate surface area is 244 Å². The number of allylic oxidation sites excluding steroid dienone is 1. The van der Waals surface area contributed by atoms with Crippen molar-refractivity contribution < 1.29 is 29.0 Å². The molecule has 1 aromatic rings. The molecule has 2 unspecified atom stereocenters. The maximum atomic E-state index is 14.8. The summed E-state index contributed by atoms with van der Waals surface area (Å²) in [6.07, 6.45) is 8.53. The molecule has 1 spiro atoms. The standard InChI is InChI=1S/C33H46N2O6/c1-6-9-13-22-40-31(39)26-25-29(37)35(20-11-10-12-21-36)28(33(25)18-17-32(26,8-3)41-33)30(38)34(19-7-2)27-23(4)15-14-16-24(27)5/h6-7,14-16,25-26,28,36H,1-2,8-13,17-22H2,3-5H3/t25-,26+,28?,32-,33?/m0/s1. The van der Waals surface area contributed by atoms with E-state index >= 15 is 0 Å². The van der Waals surface area contributed by atoms with Crippen LogP contribution >= 0.6 is 0 Å². The Kier molecular flexibility index (Phi) is 9.75. The van der Waals surface area contributed by atoms with Crippen molar-refractivity contribution >= 4 is 23.5 Å². The van der Waals surface area contributed by atoms with Gasteiger partial charge in [-0.15, -0.1) is 13.2 Å². The summed E-state index contributed by atoms with van der Waals surface area (Å²) in [5, 5.41) is 9.30. The number of ether oxygens (including phenoxy) is 2. The van der Waals surface area contributed by atoms with E-state index in [0.717, 1.165) is 29.7 Å². The monoisotopic (exact) mass is 566 g/mol. The molecule has 8 nitrogen and oxygen atoms in total. The highest BCUT2D eigenvalue weighted by atomic mass is 16.6. The lowest BCUT2D eigenvalue weighted by molar-refractivity contribution is -0.161. The highest BCUT2D eigenvalue weighted by Crippen LogP contribution is 2.64. The number of aryl methyl sites for hydroxylation is 2. The Morgan fingerprint density at radius 1 is 1.15 bits per heavy atom. The van der Waals surface area contributed by atoms with Gasteiger partial charge in [-0.1, -0.05) is 37.3 Å². The first-order valence-electron chi connectivity index (χ1n) is 15.1. The fourth-order valence-corrected chi connectivity index (χ4v) is 7.46. The van der Waals surface area contributed by atoms with Crippen molar-refractivity contribution in [1.29, 1.82) is 0 Å². The smallest absolute Gasteiger partial charge is 0.312 e. The summed E-state index contributed by atoms with van der Waals surface area (Å²) in [5.74, 6) is -2.38. The van der Waals surface area contributed by atoms with Gasteiger partial charge in [0.1, 0.15) is 17.6 Å². The van der Waals surface area contributed by atoms with Gasteiger partial charge >= 0.3 is 5.97 Å². The van der Waals surface area contributed by atoms with Gasteiger partial charge in [-0.3, -0.25) is 14.4 Å². The van der Waals surface area contributed by atoms with E-state index in [4.69, 9.17) is 9.47 Å². The summed E-state index contributed by atoms with van der Waals surface area (Å²) < 4.78 is 12.6. The zero-order valence-corrected chi connectivity index (χ0v) is 24.9. The molecule has 2 amide bonds. The zero-order chi connectivity index (χ0) is 29.8. The van der Waals surface area contributed by atoms with Crippen LogP contribution in [0.1, 0.15) is 69.4 Å². The predicted octanol–water partition coefficient (Wildman–Crippen LogP) is 4.65. The van der Waals surface area contributed by atoms with E-state index in [1.807, 2.05) is 39.0 Å². The van der Waals surface area contributed by atoms with E-state index in [1.54, 1.807) is 22.0 Å². The van der Waals surface area contributed by atoms with Crippen LogP contribution in [0.25, 0.3) is 0 Å². The van der Waals surface area contributed by atoms with Gasteiger partial charge < -0.3 is 24.4 Å². The highest BCUT2D eigenvalue weighted by molar-refractivity contribution is 6.05. The fraction of sp³-hybridized carbons (Fsp3) is 0.606. The fourth-order valence-electron chi connectivity index (χ4n) is 7.46. The van der Waals surface area contributed by atoms with Gasteiger partial charge in [-0.2, -0.15) is 0 Å². The lowest BCUT2D eigenvalue weighted by Crippen LogP contribution is -2.56. The molecule has 5 atom stereocenters. The molecule has 3 aliphatic heterocycles. The van der Waals surface area contributed by atoms with E-state index in [0.29, 0.717) is 45.1 Å². The molecule has 0 aliphatic carbocycles. The number of hydrogen-bond acceptors (Lipinski definition) is 6. The third kappa shape index (κ3) is 5.37. The molecule has 41 heavy (non-hydrogen) atoms. The largest absolute Gasteiger partial charge is 0.465 e. The number of rotatable bonds is 15. The molecular formula is C33H46N2O6. The van der Waals surface area contributed by atoms with E-state index in [9.17, 15) is 19.5 Å². The summed E-state index contributed by atoms with van der Waals surface area (Å²) in [7, 11) is 0. The summed E-state index contributed by atoms with van der Waals surface area (Å²) in [6.45, 7) is 14.5. The topological polar surface area (TPSA) is 96.4 Å². The van der Waals surface area contributed by atoms with Crippen molar-refractivity contribution in [2.75, 3.05) is 31.2 Å². The van der Waals surface area contributed by atoms with Gasteiger partial charge in [-0.25, -0.2) is 0 Å². The van der Waals surface area contributed by atoms with Gasteiger partial charge in [0.15, 0.2) is 0 Å². The van der Waals surface area contributed by atoms with E-state index in [2.05, 4.69) is 13.2 Å². The first kappa shape index (κ1) is 31.0. The average Bonchev–Trinajstić information content (AvgIpc) is 3.56. The Morgan fingerprint density at radius 2 is 1.88 bits per heavy atom. The van der Waals surface area contributed by atoms with Gasteiger partial charge in [0.2, 0.25) is 5.91 Å². The average molecular weight is 567 g/mol. The van der Waals surface area contributed by atoms with E-state index in [1.165, 1.54) is 0 Å². The molecule has 8 heteroatoms. The van der Waals surface area contributed by atoms with Gasteiger partial charge in [0, 0.05) is 25.4 Å². The number of carbonyl (C=O) groups is 3. The number of aliphatic hydroxyl groups is 1. The predicted molar refractivity (Wildman–Crippen MR) is 158 cm³/mol. The Morgan fingerprint density at radius 3 is 2.51 bits per heavy atom. The van der Waals surface area contributed by atoms with Crippen LogP contribution in [-0.2, 0) is 23.9 Å². The number of aliphatic hydroxyl groups excluding tert-OH is 1. The number of amides is 2. The Balaban J connectivity index is 1.76. The minimum absolute atomic E-state index is 0.0739. The number of nitrogens with zero attached hydrogens (tertiary/aromatic N) is 2. The summed E-state index contributed by atoms with van der Waals surface area (Å²) >= 11 is 0. The van der Waals surface area contributed by atoms with Crippen LogP contribution in [0.4, 0.5) is 5.69 Å². The molecule has 0 radical (unpaired) electrons. The Bertz CT molecular complexity index is 1150. The number of anilines is 1. The number of benzene rings is 1. The number of unbranched alkanes of at least 4 members (excludes halogenated alkanes) is 3. The van der Waals surface area contributed by atoms with Gasteiger partial charge in [0.05, 0.1) is 18.1 Å². The first-order valence-corrected chi connectivity index (χ1v) is 15.1. The SMILES string of the molecule is C=CCCCOC(=O)[C@H]1[C@H]2C(=O)N(CCCCCO)C(C(=O)N(CC=C)c3c(C)cccc3C)C23CC[C@]1(CC)O3. The number of hydrogen-bond donors (Lipinski definition) is 1. The van der Waals surface area contributed by atoms with Crippen molar-refractivity contribution in [2.45, 2.75) is 89.4 Å². The number of para-hydroxylation sites is 1. The van der Waals surface area contributed by atoms with E-state index < -0.39 is 35.0 Å². The van der Waals surface area contributed by atoms with Gasteiger partial charge in [0.25, 0.3) is 5.91 Å². The molecular weight excluding hydrogens is 520 g/mol. The number of carbonyl (C=O) groups excluding carboxylic acids is 3. The second-order valence-electron chi connectivity index (χ2n) is 11.7. The van der Waals surface area contributed by atoms with Crippen LogP contribution in [0, 0.1) is 25.7 Å². The molecule has 0 aromatic heterocycles. The minimum Gasteiger partial charge on any atom is -0.465 e. The second kappa shape index (κ2) is 12.9. The maximum absolute atomic E-state index is 14.8. The van der Waals surface area contributed by atoms with Crippen LogP contribution in [0.2, 0.25) is 0 Å². The third-order valence-electron chi connectivity index (χ3n) is 9.31. The van der Waals surface area contributed by atoms with Crippen molar-refractivity contribution in [3.8, 4) is 0 Å². The molecule has 1 aromatic carbocycles. The summed E-state index contributed by atoms with van der Waals surface area (Å²) in [6, 6.07) is 5.03. The summed E-state index contributed by atoms with van der Waals surface area (Å²) in [5.41, 5.74) is 0.772. The van der Waals surface area contributed by atoms with E-state index in [-0.39, 0.29) is 31.6 Å². The van der Waals surface area contributed by atoms with Crippen LogP contribution in [0.3, 0.4) is 0 Å². The molecule has 3 fully saturated rings. The lowest BCUT2D eigenvalue weighted by atomic mass is 9.65. The molecule has 2 bridgehead atoms. The van der Waals surface area contributed by atoms with Crippen molar-refractivity contribution in [3.63, 3.8) is 0 Å². The number of likely N-dealkylation sites (tertiary alicyclic amines) is 1.